The minimum atomic E-state index is -0.0474. The average molecular weight is 231 g/mol. The quantitative estimate of drug-likeness (QED) is 0.879. The molecule has 1 aromatic heterocycles. The lowest BCUT2D eigenvalue weighted by atomic mass is 10.2. The fourth-order valence-corrected chi connectivity index (χ4v) is 1.72. The molecule has 0 fully saturated rings. The lowest BCUT2D eigenvalue weighted by Gasteiger charge is -2.17. The predicted molar refractivity (Wildman–Crippen MR) is 67.9 cm³/mol. The third-order valence-corrected chi connectivity index (χ3v) is 2.74. The van der Waals surface area contributed by atoms with Crippen LogP contribution in [0.1, 0.15) is 17.1 Å². The zero-order valence-electron chi connectivity index (χ0n) is 10.2. The number of hydrogen-bond donors (Lipinski definition) is 1. The molecule has 0 saturated carbocycles. The minimum Gasteiger partial charge on any atom is -0.462 e. The maximum atomic E-state index is 8.93. The van der Waals surface area contributed by atoms with E-state index in [9.17, 15) is 0 Å². The Morgan fingerprint density at radius 3 is 2.29 bits per heavy atom. The molecule has 0 bridgehead atoms. The highest BCUT2D eigenvalue weighted by atomic mass is 16.4. The third-order valence-electron chi connectivity index (χ3n) is 2.74. The van der Waals surface area contributed by atoms with Crippen molar-refractivity contribution >= 4 is 5.69 Å². The van der Waals surface area contributed by atoms with E-state index in [4.69, 9.17) is 9.52 Å². The molecule has 1 aromatic carbocycles. The highest BCUT2D eigenvalue weighted by molar-refractivity contribution is 5.46. The first-order valence-corrected chi connectivity index (χ1v) is 5.65. The molecule has 0 spiro atoms. The van der Waals surface area contributed by atoms with Crippen molar-refractivity contribution < 1.29 is 9.52 Å². The largest absolute Gasteiger partial charge is 0.462 e. The van der Waals surface area contributed by atoms with E-state index in [-0.39, 0.29) is 6.61 Å². The summed E-state index contributed by atoms with van der Waals surface area (Å²) >= 11 is 0. The monoisotopic (exact) mass is 231 g/mol. The minimum absolute atomic E-state index is 0.0474. The molecule has 2 aromatic rings. The van der Waals surface area contributed by atoms with E-state index < -0.39 is 0 Å². The number of aliphatic hydroxyl groups excluding tert-OH is 1. The van der Waals surface area contributed by atoms with Crippen molar-refractivity contribution in [3.63, 3.8) is 0 Å². The van der Waals surface area contributed by atoms with Crippen LogP contribution in [0.15, 0.2) is 40.8 Å². The van der Waals surface area contributed by atoms with Crippen LogP contribution >= 0.6 is 0 Å². The Morgan fingerprint density at radius 1 is 1.06 bits per heavy atom. The molecule has 0 aliphatic carbocycles. The van der Waals surface area contributed by atoms with Gasteiger partial charge in [-0.25, -0.2) is 0 Å². The van der Waals surface area contributed by atoms with Crippen molar-refractivity contribution in [1.29, 1.82) is 0 Å². The number of aliphatic hydroxyl groups is 1. The zero-order chi connectivity index (χ0) is 12.3. The Labute approximate surface area is 101 Å². The van der Waals surface area contributed by atoms with Crippen molar-refractivity contribution in [2.24, 2.45) is 0 Å². The first-order chi connectivity index (χ1) is 8.19. The Hall–Kier alpha value is -1.74. The van der Waals surface area contributed by atoms with Crippen LogP contribution in [0.25, 0.3) is 0 Å². The van der Waals surface area contributed by atoms with Crippen LogP contribution < -0.4 is 4.90 Å². The summed E-state index contributed by atoms with van der Waals surface area (Å²) in [6.07, 6.45) is 0. The molecule has 90 valence electrons. The van der Waals surface area contributed by atoms with Gasteiger partial charge in [0.05, 0.1) is 6.54 Å². The molecule has 0 saturated heterocycles. The van der Waals surface area contributed by atoms with Gasteiger partial charge in [-0.3, -0.25) is 0 Å². The highest BCUT2D eigenvalue weighted by Gasteiger charge is 2.05. The molecule has 0 amide bonds. The summed E-state index contributed by atoms with van der Waals surface area (Å²) in [6.45, 7) is 2.72. The van der Waals surface area contributed by atoms with Gasteiger partial charge < -0.3 is 14.4 Å². The van der Waals surface area contributed by atoms with Crippen LogP contribution in [0.2, 0.25) is 0 Å². The fraction of sp³-hybridized carbons (Fsp3) is 0.286. The summed E-state index contributed by atoms with van der Waals surface area (Å²) in [5.74, 6) is 1.47. The first kappa shape index (κ1) is 11.7. The first-order valence-electron chi connectivity index (χ1n) is 5.65. The molecule has 0 aliphatic heterocycles. The molecule has 2 rings (SSSR count). The van der Waals surface area contributed by atoms with Gasteiger partial charge in [0, 0.05) is 12.7 Å². The van der Waals surface area contributed by atoms with Gasteiger partial charge in [-0.1, -0.05) is 17.7 Å². The SMILES string of the molecule is Cc1ccc(N(C)Cc2ccc(CO)o2)cc1. The summed E-state index contributed by atoms with van der Waals surface area (Å²) in [5.41, 5.74) is 2.40. The molecule has 17 heavy (non-hydrogen) atoms. The molecule has 3 heteroatoms. The molecular weight excluding hydrogens is 214 g/mol. The normalized spacial score (nSPS) is 10.5. The Bertz CT molecular complexity index is 473. The molecule has 0 atom stereocenters. The van der Waals surface area contributed by atoms with Crippen LogP contribution in [0.4, 0.5) is 5.69 Å². The second-order valence-corrected chi connectivity index (χ2v) is 4.22. The van der Waals surface area contributed by atoms with Crippen molar-refractivity contribution in [2.75, 3.05) is 11.9 Å². The summed E-state index contributed by atoms with van der Waals surface area (Å²) in [6, 6.07) is 12.1. The molecule has 1 heterocycles. The average Bonchev–Trinajstić information content (AvgIpc) is 2.77. The molecular formula is C14H17NO2. The van der Waals surface area contributed by atoms with E-state index >= 15 is 0 Å². The van der Waals surface area contributed by atoms with Crippen LogP contribution in [0.5, 0.6) is 0 Å². The maximum absolute atomic E-state index is 8.93. The van der Waals surface area contributed by atoms with Gasteiger partial charge in [0.15, 0.2) is 0 Å². The highest BCUT2D eigenvalue weighted by Crippen LogP contribution is 2.17. The van der Waals surface area contributed by atoms with Crippen LogP contribution in [-0.4, -0.2) is 12.2 Å². The second kappa shape index (κ2) is 5.06. The van der Waals surface area contributed by atoms with E-state index in [1.807, 2.05) is 13.1 Å². The maximum Gasteiger partial charge on any atom is 0.129 e. The Balaban J connectivity index is 2.05. The topological polar surface area (TPSA) is 36.6 Å². The van der Waals surface area contributed by atoms with E-state index in [1.165, 1.54) is 5.56 Å². The number of benzene rings is 1. The Morgan fingerprint density at radius 2 is 1.71 bits per heavy atom. The number of aryl methyl sites for hydroxylation is 1. The number of nitrogens with zero attached hydrogens (tertiary/aromatic N) is 1. The number of anilines is 1. The van der Waals surface area contributed by atoms with E-state index in [1.54, 1.807) is 6.07 Å². The van der Waals surface area contributed by atoms with Crippen molar-refractivity contribution in [3.05, 3.63) is 53.5 Å². The molecule has 0 radical (unpaired) electrons. The van der Waals surface area contributed by atoms with Gasteiger partial charge in [0.1, 0.15) is 18.1 Å². The van der Waals surface area contributed by atoms with Gasteiger partial charge in [0.25, 0.3) is 0 Å². The van der Waals surface area contributed by atoms with E-state index in [0.717, 1.165) is 11.4 Å². The van der Waals surface area contributed by atoms with Crippen LogP contribution in [-0.2, 0) is 13.2 Å². The summed E-state index contributed by atoms with van der Waals surface area (Å²) in [4.78, 5) is 2.11. The van der Waals surface area contributed by atoms with Crippen molar-refractivity contribution in [3.8, 4) is 0 Å². The van der Waals surface area contributed by atoms with Gasteiger partial charge in [0.2, 0.25) is 0 Å². The number of rotatable bonds is 4. The van der Waals surface area contributed by atoms with Crippen molar-refractivity contribution in [2.45, 2.75) is 20.1 Å². The lowest BCUT2D eigenvalue weighted by Crippen LogP contribution is -2.15. The summed E-state index contributed by atoms with van der Waals surface area (Å²) in [5, 5.41) is 8.93. The molecule has 0 unspecified atom stereocenters. The van der Waals surface area contributed by atoms with E-state index in [2.05, 4.69) is 36.1 Å². The number of hydrogen-bond acceptors (Lipinski definition) is 3. The zero-order valence-corrected chi connectivity index (χ0v) is 10.2. The van der Waals surface area contributed by atoms with Gasteiger partial charge in [-0.2, -0.15) is 0 Å². The molecule has 1 N–H and O–H groups in total. The smallest absolute Gasteiger partial charge is 0.129 e. The van der Waals surface area contributed by atoms with Crippen LogP contribution in [0, 0.1) is 6.92 Å². The van der Waals surface area contributed by atoms with Crippen LogP contribution in [0.3, 0.4) is 0 Å². The third kappa shape index (κ3) is 2.88. The summed E-state index contributed by atoms with van der Waals surface area (Å²) < 4.78 is 5.46. The van der Waals surface area contributed by atoms with E-state index in [0.29, 0.717) is 12.3 Å². The fourth-order valence-electron chi connectivity index (χ4n) is 1.72. The van der Waals surface area contributed by atoms with Gasteiger partial charge in [-0.05, 0) is 31.2 Å². The van der Waals surface area contributed by atoms with Gasteiger partial charge in [-0.15, -0.1) is 0 Å². The predicted octanol–water partition coefficient (Wildman–Crippen LogP) is 2.72. The standard InChI is InChI=1S/C14H17NO2/c1-11-3-5-12(6-4-11)15(2)9-13-7-8-14(10-16)17-13/h3-8,16H,9-10H2,1-2H3. The van der Waals surface area contributed by atoms with Gasteiger partial charge >= 0.3 is 0 Å². The molecule has 3 nitrogen and oxygen atoms in total. The Kier molecular flexibility index (Phi) is 3.49. The summed E-state index contributed by atoms with van der Waals surface area (Å²) in [7, 11) is 2.02. The van der Waals surface area contributed by atoms with Crippen molar-refractivity contribution in [1.82, 2.24) is 0 Å². The molecule has 0 aliphatic rings. The second-order valence-electron chi connectivity index (χ2n) is 4.22. The lowest BCUT2D eigenvalue weighted by molar-refractivity contribution is 0.243. The number of furan rings is 1.